The molecule has 1 atom stereocenters. The molecule has 1 unspecified atom stereocenters. The van der Waals surface area contributed by atoms with E-state index >= 15 is 0 Å². The molecule has 0 aliphatic rings. The van der Waals surface area contributed by atoms with E-state index < -0.39 is 0 Å². The van der Waals surface area contributed by atoms with Crippen molar-refractivity contribution in [1.29, 1.82) is 0 Å². The van der Waals surface area contributed by atoms with Crippen LogP contribution in [-0.4, -0.2) is 12.1 Å². The summed E-state index contributed by atoms with van der Waals surface area (Å²) in [4.78, 5) is 13.8. The van der Waals surface area contributed by atoms with Crippen molar-refractivity contribution in [2.24, 2.45) is 5.92 Å². The summed E-state index contributed by atoms with van der Waals surface area (Å²) in [5, 5.41) is 0. The van der Waals surface area contributed by atoms with Crippen LogP contribution >= 0.6 is 0 Å². The molecule has 0 heterocycles. The van der Waals surface area contributed by atoms with Crippen LogP contribution in [0.4, 0.5) is 0 Å². The largest absolute Gasteiger partial charge is 0.462 e. The Morgan fingerprint density at radius 2 is 0.554 bits per heavy atom. The van der Waals surface area contributed by atoms with E-state index in [0.717, 1.165) is 25.7 Å². The van der Waals surface area contributed by atoms with Gasteiger partial charge in [0.2, 0.25) is 0 Å². The number of hydrogen-bond acceptors (Lipinski definition) is 2. The third-order valence-electron chi connectivity index (χ3n) is 12.6. The fourth-order valence-electron chi connectivity index (χ4n) is 8.61. The lowest BCUT2D eigenvalue weighted by Crippen LogP contribution is -2.25. The number of ether oxygens (including phenoxy) is 1. The molecular formula is C54H106O2. The maximum atomic E-state index is 13.8. The number of allylic oxidation sites excluding steroid dienone is 2. The molecule has 0 bridgehead atoms. The monoisotopic (exact) mass is 787 g/mol. The number of unbranched alkanes of at least 4 members (excludes halogenated alkanes) is 36. The Balaban J connectivity index is 4.64. The molecule has 0 N–H and O–H groups in total. The highest BCUT2D eigenvalue weighted by molar-refractivity contribution is 5.72. The number of hydrogen-bond donors (Lipinski definition) is 0. The van der Waals surface area contributed by atoms with E-state index in [2.05, 4.69) is 39.8 Å². The first-order chi connectivity index (χ1) is 27.7. The van der Waals surface area contributed by atoms with Gasteiger partial charge in [-0.1, -0.05) is 265 Å². The molecule has 2 nitrogen and oxygen atoms in total. The van der Waals surface area contributed by atoms with E-state index in [1.54, 1.807) is 0 Å². The van der Waals surface area contributed by atoms with Crippen LogP contribution in [0.25, 0.3) is 0 Å². The Kier molecular flexibility index (Phi) is 47.9. The SMILES string of the molecule is CCCCCCCC/C=C\CCCCCCCCC(CCCCCCCCCCCCCCCCC)OC(=O)C(CCCCCCCC)CCCCCCCC. The second-order valence-corrected chi connectivity index (χ2v) is 18.3. The molecule has 56 heavy (non-hydrogen) atoms. The number of carbonyl (C=O) groups is 1. The van der Waals surface area contributed by atoms with E-state index in [4.69, 9.17) is 4.74 Å². The van der Waals surface area contributed by atoms with Gasteiger partial charge in [-0.05, 0) is 64.2 Å². The van der Waals surface area contributed by atoms with Crippen molar-refractivity contribution in [3.8, 4) is 0 Å². The summed E-state index contributed by atoms with van der Waals surface area (Å²) in [5.74, 6) is 0.276. The lowest BCUT2D eigenvalue weighted by atomic mass is 9.94. The third kappa shape index (κ3) is 42.8. The summed E-state index contributed by atoms with van der Waals surface area (Å²) in [5.41, 5.74) is 0. The molecule has 0 aromatic heterocycles. The van der Waals surface area contributed by atoms with E-state index in [9.17, 15) is 4.79 Å². The van der Waals surface area contributed by atoms with Gasteiger partial charge in [-0.3, -0.25) is 4.79 Å². The van der Waals surface area contributed by atoms with Crippen LogP contribution in [0.2, 0.25) is 0 Å². The highest BCUT2D eigenvalue weighted by atomic mass is 16.5. The second-order valence-electron chi connectivity index (χ2n) is 18.3. The van der Waals surface area contributed by atoms with Gasteiger partial charge >= 0.3 is 5.97 Å². The standard InChI is InChI=1S/C54H106O2/c1-5-9-13-17-21-23-25-27-29-31-33-35-37-39-43-47-51-53(50-46-42-38-36-34-32-30-28-26-24-22-18-14-10-6-2)56-54(55)52(48-44-40-19-15-11-7-3)49-45-41-20-16-12-8-4/h27,29,52-53H,5-26,28,30-51H2,1-4H3/b29-27-. The Hall–Kier alpha value is -0.790. The molecule has 0 aliphatic heterocycles. The normalized spacial score (nSPS) is 12.4. The Morgan fingerprint density at radius 1 is 0.321 bits per heavy atom. The number of esters is 1. The Morgan fingerprint density at radius 3 is 0.839 bits per heavy atom. The quantitative estimate of drug-likeness (QED) is 0.0349. The summed E-state index contributed by atoms with van der Waals surface area (Å²) < 4.78 is 6.50. The van der Waals surface area contributed by atoms with Crippen LogP contribution in [0, 0.1) is 5.92 Å². The van der Waals surface area contributed by atoms with Crippen LogP contribution in [-0.2, 0) is 9.53 Å². The first-order valence-electron chi connectivity index (χ1n) is 26.5. The molecule has 0 amide bonds. The van der Waals surface area contributed by atoms with Crippen molar-refractivity contribution in [2.75, 3.05) is 0 Å². The average molecular weight is 787 g/mol. The van der Waals surface area contributed by atoms with Gasteiger partial charge in [0, 0.05) is 0 Å². The first kappa shape index (κ1) is 55.2. The van der Waals surface area contributed by atoms with Crippen molar-refractivity contribution in [2.45, 2.75) is 323 Å². The van der Waals surface area contributed by atoms with Crippen molar-refractivity contribution < 1.29 is 9.53 Å². The molecule has 0 spiro atoms. The van der Waals surface area contributed by atoms with E-state index in [1.807, 2.05) is 0 Å². The highest BCUT2D eigenvalue weighted by Crippen LogP contribution is 2.24. The summed E-state index contributed by atoms with van der Waals surface area (Å²) in [6, 6.07) is 0. The minimum Gasteiger partial charge on any atom is -0.462 e. The maximum Gasteiger partial charge on any atom is 0.309 e. The first-order valence-corrected chi connectivity index (χ1v) is 26.5. The van der Waals surface area contributed by atoms with Gasteiger partial charge in [-0.2, -0.15) is 0 Å². The lowest BCUT2D eigenvalue weighted by molar-refractivity contribution is -0.155. The lowest BCUT2D eigenvalue weighted by Gasteiger charge is -2.22. The smallest absolute Gasteiger partial charge is 0.309 e. The maximum absolute atomic E-state index is 13.8. The third-order valence-corrected chi connectivity index (χ3v) is 12.6. The van der Waals surface area contributed by atoms with Crippen molar-refractivity contribution in [3.05, 3.63) is 12.2 Å². The van der Waals surface area contributed by atoms with E-state index in [1.165, 1.54) is 263 Å². The molecule has 0 fully saturated rings. The van der Waals surface area contributed by atoms with E-state index in [0.29, 0.717) is 0 Å². The zero-order valence-electron chi connectivity index (χ0n) is 39.4. The fourth-order valence-corrected chi connectivity index (χ4v) is 8.61. The molecule has 0 saturated carbocycles. The van der Waals surface area contributed by atoms with Gasteiger partial charge in [0.1, 0.15) is 6.10 Å². The Labute approximate surface area is 355 Å². The fraction of sp³-hybridized carbons (Fsp3) is 0.944. The molecule has 0 rings (SSSR count). The van der Waals surface area contributed by atoms with E-state index in [-0.39, 0.29) is 18.0 Å². The molecule has 0 aliphatic carbocycles. The topological polar surface area (TPSA) is 26.3 Å². The van der Waals surface area contributed by atoms with Crippen LogP contribution in [0.15, 0.2) is 12.2 Å². The van der Waals surface area contributed by atoms with Gasteiger partial charge in [0.15, 0.2) is 0 Å². The van der Waals surface area contributed by atoms with Crippen LogP contribution in [0.5, 0.6) is 0 Å². The summed E-state index contributed by atoms with van der Waals surface area (Å²) in [7, 11) is 0. The zero-order chi connectivity index (χ0) is 40.7. The molecule has 0 saturated heterocycles. The van der Waals surface area contributed by atoms with Gasteiger partial charge in [-0.25, -0.2) is 0 Å². The minimum atomic E-state index is 0.121. The number of carbonyl (C=O) groups excluding carboxylic acids is 1. The van der Waals surface area contributed by atoms with Gasteiger partial charge in [-0.15, -0.1) is 0 Å². The predicted octanol–water partition coefficient (Wildman–Crippen LogP) is 19.7. The molecule has 0 aromatic rings. The number of rotatable bonds is 48. The van der Waals surface area contributed by atoms with Crippen LogP contribution < -0.4 is 0 Å². The van der Waals surface area contributed by atoms with Crippen LogP contribution in [0.1, 0.15) is 317 Å². The predicted molar refractivity (Wildman–Crippen MR) is 253 cm³/mol. The zero-order valence-corrected chi connectivity index (χ0v) is 39.4. The molecule has 0 radical (unpaired) electrons. The highest BCUT2D eigenvalue weighted by Gasteiger charge is 2.23. The minimum absolute atomic E-state index is 0.121. The molecular weight excluding hydrogens is 681 g/mol. The summed E-state index contributed by atoms with van der Waals surface area (Å²) >= 11 is 0. The van der Waals surface area contributed by atoms with Crippen LogP contribution in [0.3, 0.4) is 0 Å². The average Bonchev–Trinajstić information content (AvgIpc) is 3.20. The van der Waals surface area contributed by atoms with Crippen molar-refractivity contribution in [1.82, 2.24) is 0 Å². The van der Waals surface area contributed by atoms with Crippen molar-refractivity contribution >= 4 is 5.97 Å². The van der Waals surface area contributed by atoms with Gasteiger partial charge in [0.05, 0.1) is 5.92 Å². The van der Waals surface area contributed by atoms with Gasteiger partial charge in [0.25, 0.3) is 0 Å². The molecule has 2 heteroatoms. The molecule has 0 aromatic carbocycles. The summed E-state index contributed by atoms with van der Waals surface area (Å²) in [6.45, 7) is 9.19. The second kappa shape index (κ2) is 48.6. The van der Waals surface area contributed by atoms with Gasteiger partial charge < -0.3 is 4.74 Å². The Bertz CT molecular complexity index is 742. The van der Waals surface area contributed by atoms with Crippen molar-refractivity contribution in [3.63, 3.8) is 0 Å². The molecule has 334 valence electrons. The summed E-state index contributed by atoms with van der Waals surface area (Å²) in [6.07, 6.45) is 64.6.